The Balaban J connectivity index is 1.50. The third-order valence-corrected chi connectivity index (χ3v) is 5.63. The summed E-state index contributed by atoms with van der Waals surface area (Å²) < 4.78 is 38.4. The molecule has 3 aromatic carbocycles. The van der Waals surface area contributed by atoms with E-state index in [9.17, 15) is 13.2 Å². The first-order valence-electron chi connectivity index (χ1n) is 8.90. The van der Waals surface area contributed by atoms with Crippen LogP contribution in [0.2, 0.25) is 0 Å². The Kier molecular flexibility index (Phi) is 5.09. The molecule has 0 fully saturated rings. The van der Waals surface area contributed by atoms with Gasteiger partial charge in [-0.3, -0.25) is 9.52 Å². The quantitative estimate of drug-likeness (QED) is 0.671. The van der Waals surface area contributed by atoms with Crippen molar-refractivity contribution < 1.29 is 22.7 Å². The summed E-state index contributed by atoms with van der Waals surface area (Å²) in [5.74, 6) is 0.781. The summed E-state index contributed by atoms with van der Waals surface area (Å²) in [5, 5.41) is 2.76. The van der Waals surface area contributed by atoms with Crippen molar-refractivity contribution in [2.24, 2.45) is 0 Å². The van der Waals surface area contributed by atoms with Gasteiger partial charge in [-0.2, -0.15) is 0 Å². The molecule has 2 N–H and O–H groups in total. The third kappa shape index (κ3) is 4.33. The Bertz CT molecular complexity index is 1150. The van der Waals surface area contributed by atoms with Crippen molar-refractivity contribution in [3.8, 4) is 11.5 Å². The lowest BCUT2D eigenvalue weighted by molar-refractivity contribution is 0.102. The third-order valence-electron chi connectivity index (χ3n) is 4.23. The van der Waals surface area contributed by atoms with Crippen LogP contribution in [0.25, 0.3) is 0 Å². The first-order chi connectivity index (χ1) is 14.0. The lowest BCUT2D eigenvalue weighted by Crippen LogP contribution is -2.17. The smallest absolute Gasteiger partial charge is 0.261 e. The van der Waals surface area contributed by atoms with E-state index in [-0.39, 0.29) is 10.8 Å². The van der Waals surface area contributed by atoms with Crippen LogP contribution in [0.3, 0.4) is 0 Å². The van der Waals surface area contributed by atoms with Crippen LogP contribution < -0.4 is 19.5 Å². The zero-order valence-corrected chi connectivity index (χ0v) is 16.1. The molecule has 0 saturated heterocycles. The Morgan fingerprint density at radius 3 is 2.31 bits per heavy atom. The van der Waals surface area contributed by atoms with Crippen molar-refractivity contribution in [1.82, 2.24) is 0 Å². The minimum atomic E-state index is -3.71. The summed E-state index contributed by atoms with van der Waals surface area (Å²) in [7, 11) is -3.71. The van der Waals surface area contributed by atoms with Crippen LogP contribution in [0.1, 0.15) is 10.4 Å². The summed E-state index contributed by atoms with van der Waals surface area (Å²) in [6.07, 6.45) is 0. The van der Waals surface area contributed by atoms with Crippen LogP contribution in [0.15, 0.2) is 77.7 Å². The van der Waals surface area contributed by atoms with Crippen molar-refractivity contribution >= 4 is 27.3 Å². The molecule has 148 valence electrons. The number of hydrogen-bond acceptors (Lipinski definition) is 5. The van der Waals surface area contributed by atoms with E-state index in [0.29, 0.717) is 41.7 Å². The predicted molar refractivity (Wildman–Crippen MR) is 109 cm³/mol. The van der Waals surface area contributed by atoms with E-state index in [4.69, 9.17) is 9.47 Å². The van der Waals surface area contributed by atoms with Gasteiger partial charge in [0.2, 0.25) is 0 Å². The average molecular weight is 410 g/mol. The largest absolute Gasteiger partial charge is 0.486 e. The van der Waals surface area contributed by atoms with Crippen LogP contribution in [0.5, 0.6) is 11.5 Å². The van der Waals surface area contributed by atoms with Gasteiger partial charge in [-0.05, 0) is 48.5 Å². The highest BCUT2D eigenvalue weighted by Gasteiger charge is 2.16. The minimum absolute atomic E-state index is 0.158. The fourth-order valence-corrected chi connectivity index (χ4v) is 3.93. The second-order valence-electron chi connectivity index (χ2n) is 6.31. The Morgan fingerprint density at radius 1 is 0.793 bits per heavy atom. The van der Waals surface area contributed by atoms with Crippen molar-refractivity contribution in [2.75, 3.05) is 23.3 Å². The molecule has 0 aromatic heterocycles. The lowest BCUT2D eigenvalue weighted by atomic mass is 10.1. The molecule has 0 atom stereocenters. The van der Waals surface area contributed by atoms with Crippen molar-refractivity contribution in [2.45, 2.75) is 4.90 Å². The maximum Gasteiger partial charge on any atom is 0.261 e. The molecule has 1 aliphatic heterocycles. The average Bonchev–Trinajstić information content (AvgIpc) is 2.74. The maximum absolute atomic E-state index is 12.6. The molecule has 0 spiro atoms. The summed E-state index contributed by atoms with van der Waals surface area (Å²) in [6.45, 7) is 0.909. The lowest BCUT2D eigenvalue weighted by Gasteiger charge is -2.18. The number of fused-ring (bicyclic) bond motifs is 1. The van der Waals surface area contributed by atoms with E-state index in [2.05, 4.69) is 10.0 Å². The second-order valence-corrected chi connectivity index (χ2v) is 7.99. The van der Waals surface area contributed by atoms with Gasteiger partial charge in [0.25, 0.3) is 15.9 Å². The summed E-state index contributed by atoms with van der Waals surface area (Å²) in [6, 6.07) is 19.5. The Labute approximate surface area is 168 Å². The number of nitrogens with one attached hydrogen (secondary N) is 2. The van der Waals surface area contributed by atoms with Gasteiger partial charge in [0.1, 0.15) is 13.2 Å². The van der Waals surface area contributed by atoms with Crippen molar-refractivity contribution in [3.63, 3.8) is 0 Å². The number of rotatable bonds is 5. The van der Waals surface area contributed by atoms with Crippen LogP contribution in [-0.4, -0.2) is 27.5 Å². The van der Waals surface area contributed by atoms with Crippen LogP contribution >= 0.6 is 0 Å². The number of hydrogen-bond donors (Lipinski definition) is 2. The number of ether oxygens (including phenoxy) is 2. The summed E-state index contributed by atoms with van der Waals surface area (Å²) in [5.41, 5.74) is 1.21. The molecule has 7 nitrogen and oxygen atoms in total. The molecule has 0 saturated carbocycles. The molecule has 1 amide bonds. The first kappa shape index (κ1) is 18.8. The zero-order valence-electron chi connectivity index (χ0n) is 15.3. The Morgan fingerprint density at radius 2 is 1.52 bits per heavy atom. The number of carbonyl (C=O) groups excluding carboxylic acids is 1. The molecule has 29 heavy (non-hydrogen) atoms. The molecule has 8 heteroatoms. The van der Waals surface area contributed by atoms with Gasteiger partial charge in [0.05, 0.1) is 10.6 Å². The van der Waals surface area contributed by atoms with Gasteiger partial charge >= 0.3 is 0 Å². The van der Waals surface area contributed by atoms with Gasteiger partial charge in [0.15, 0.2) is 11.5 Å². The molecule has 0 aliphatic carbocycles. The standard InChI is InChI=1S/C21H18N2O5S/c24-21(15-9-10-19-20(13-15)28-12-11-27-19)22-16-5-4-6-17(14-16)23-29(25,26)18-7-2-1-3-8-18/h1-10,13-14,23H,11-12H2,(H,22,24). The number of carbonyl (C=O) groups is 1. The van der Waals surface area contributed by atoms with E-state index >= 15 is 0 Å². The SMILES string of the molecule is O=C(Nc1cccc(NS(=O)(=O)c2ccccc2)c1)c1ccc2c(c1)OCCO2. The molecule has 4 rings (SSSR count). The van der Waals surface area contributed by atoms with Gasteiger partial charge in [-0.1, -0.05) is 24.3 Å². The van der Waals surface area contributed by atoms with E-state index in [1.165, 1.54) is 12.1 Å². The number of amides is 1. The first-order valence-corrected chi connectivity index (χ1v) is 10.4. The second kappa shape index (κ2) is 7.84. The summed E-state index contributed by atoms with van der Waals surface area (Å²) in [4.78, 5) is 12.7. The van der Waals surface area contributed by atoms with E-state index in [1.54, 1.807) is 60.7 Å². The zero-order chi connectivity index (χ0) is 20.3. The molecular formula is C21H18N2O5S. The Hall–Kier alpha value is -3.52. The fraction of sp³-hybridized carbons (Fsp3) is 0.0952. The van der Waals surface area contributed by atoms with Gasteiger partial charge in [0, 0.05) is 11.3 Å². The van der Waals surface area contributed by atoms with Crippen LogP contribution in [-0.2, 0) is 10.0 Å². The van der Waals surface area contributed by atoms with Gasteiger partial charge in [-0.25, -0.2) is 8.42 Å². The van der Waals surface area contributed by atoms with Gasteiger partial charge in [-0.15, -0.1) is 0 Å². The molecule has 0 bridgehead atoms. The van der Waals surface area contributed by atoms with E-state index in [0.717, 1.165) is 0 Å². The van der Waals surface area contributed by atoms with Crippen molar-refractivity contribution in [3.05, 3.63) is 78.4 Å². The predicted octanol–water partition coefficient (Wildman–Crippen LogP) is 3.51. The summed E-state index contributed by atoms with van der Waals surface area (Å²) >= 11 is 0. The van der Waals surface area contributed by atoms with Gasteiger partial charge < -0.3 is 14.8 Å². The maximum atomic E-state index is 12.6. The number of benzene rings is 3. The molecule has 1 heterocycles. The molecular weight excluding hydrogens is 392 g/mol. The van der Waals surface area contributed by atoms with Crippen LogP contribution in [0, 0.1) is 0 Å². The minimum Gasteiger partial charge on any atom is -0.486 e. The topological polar surface area (TPSA) is 93.7 Å². The number of sulfonamides is 1. The highest BCUT2D eigenvalue weighted by atomic mass is 32.2. The molecule has 3 aromatic rings. The molecule has 1 aliphatic rings. The molecule has 0 unspecified atom stereocenters. The van der Waals surface area contributed by atoms with Crippen molar-refractivity contribution in [1.29, 1.82) is 0 Å². The van der Waals surface area contributed by atoms with Crippen LogP contribution in [0.4, 0.5) is 11.4 Å². The molecule has 0 radical (unpaired) electrons. The monoisotopic (exact) mass is 410 g/mol. The highest BCUT2D eigenvalue weighted by Crippen LogP contribution is 2.31. The normalized spacial score (nSPS) is 12.8. The number of anilines is 2. The fourth-order valence-electron chi connectivity index (χ4n) is 2.86. The van der Waals surface area contributed by atoms with E-state index in [1.807, 2.05) is 0 Å². The highest BCUT2D eigenvalue weighted by molar-refractivity contribution is 7.92. The van der Waals surface area contributed by atoms with E-state index < -0.39 is 10.0 Å².